The molecule has 0 aromatic heterocycles. The van der Waals surface area contributed by atoms with Crippen LogP contribution in [0.5, 0.6) is 0 Å². The van der Waals surface area contributed by atoms with Crippen molar-refractivity contribution in [2.45, 2.75) is 19.9 Å². The molecule has 0 saturated heterocycles. The van der Waals surface area contributed by atoms with Gasteiger partial charge in [0.2, 0.25) is 0 Å². The van der Waals surface area contributed by atoms with Crippen molar-refractivity contribution in [2.24, 2.45) is 5.92 Å². The van der Waals surface area contributed by atoms with Crippen LogP contribution in [0.1, 0.15) is 13.8 Å². The molecule has 1 rings (SSSR count). The average Bonchev–Trinajstić information content (AvgIpc) is 2.19. The van der Waals surface area contributed by atoms with Crippen LogP contribution < -0.4 is 5.32 Å². The Labute approximate surface area is 92.1 Å². The summed E-state index contributed by atoms with van der Waals surface area (Å²) in [5.74, 6) is -3.40. The summed E-state index contributed by atoms with van der Waals surface area (Å²) in [5.41, 5.74) is -0.138. The molecule has 0 saturated carbocycles. The number of anilines is 1. The van der Waals surface area contributed by atoms with E-state index in [2.05, 4.69) is 5.32 Å². The fraction of sp³-hybridized carbons (Fsp3) is 0.364. The van der Waals surface area contributed by atoms with Gasteiger partial charge in [0.25, 0.3) is 0 Å². The van der Waals surface area contributed by atoms with Crippen molar-refractivity contribution in [3.05, 3.63) is 29.8 Å². The van der Waals surface area contributed by atoms with Crippen molar-refractivity contribution in [3.63, 3.8) is 0 Å². The van der Waals surface area contributed by atoms with Crippen LogP contribution in [0.2, 0.25) is 0 Å². The van der Waals surface area contributed by atoms with Gasteiger partial charge in [0, 0.05) is 0 Å². The van der Waals surface area contributed by atoms with Crippen LogP contribution in [-0.4, -0.2) is 17.1 Å². The van der Waals surface area contributed by atoms with E-state index in [1.807, 2.05) is 0 Å². The molecule has 0 aliphatic rings. The smallest absolute Gasteiger partial charge is 0.326 e. The first-order valence-corrected chi connectivity index (χ1v) is 4.87. The van der Waals surface area contributed by atoms with E-state index in [-0.39, 0.29) is 11.6 Å². The van der Waals surface area contributed by atoms with Crippen molar-refractivity contribution < 1.29 is 18.7 Å². The van der Waals surface area contributed by atoms with Gasteiger partial charge in [-0.3, -0.25) is 0 Å². The topological polar surface area (TPSA) is 49.3 Å². The van der Waals surface area contributed by atoms with Crippen LogP contribution in [0.15, 0.2) is 18.2 Å². The minimum atomic E-state index is -1.10. The Morgan fingerprint density at radius 2 is 2.00 bits per heavy atom. The summed E-state index contributed by atoms with van der Waals surface area (Å²) in [6, 6.07) is 2.65. The van der Waals surface area contributed by atoms with Gasteiger partial charge in [-0.1, -0.05) is 19.9 Å². The summed E-state index contributed by atoms with van der Waals surface area (Å²) in [6.45, 7) is 3.37. The summed E-state index contributed by atoms with van der Waals surface area (Å²) >= 11 is 0. The molecule has 0 heterocycles. The number of nitrogens with one attached hydrogen (secondary N) is 1. The minimum Gasteiger partial charge on any atom is -0.480 e. The van der Waals surface area contributed by atoms with E-state index in [4.69, 9.17) is 5.11 Å². The molecular weight excluding hydrogens is 216 g/mol. The molecule has 0 radical (unpaired) electrons. The van der Waals surface area contributed by atoms with E-state index in [0.29, 0.717) is 0 Å². The third kappa shape index (κ3) is 2.68. The zero-order valence-electron chi connectivity index (χ0n) is 9.00. The molecule has 3 nitrogen and oxygen atoms in total. The van der Waals surface area contributed by atoms with Crippen molar-refractivity contribution >= 4 is 11.7 Å². The van der Waals surface area contributed by atoms with Crippen LogP contribution in [0.4, 0.5) is 14.5 Å². The van der Waals surface area contributed by atoms with Crippen molar-refractivity contribution in [2.75, 3.05) is 5.32 Å². The van der Waals surface area contributed by atoms with Crippen molar-refractivity contribution in [1.82, 2.24) is 0 Å². The van der Waals surface area contributed by atoms with E-state index < -0.39 is 23.6 Å². The molecule has 0 amide bonds. The van der Waals surface area contributed by atoms with Crippen molar-refractivity contribution in [3.8, 4) is 0 Å². The quantitative estimate of drug-likeness (QED) is 0.833. The maximum atomic E-state index is 13.3. The van der Waals surface area contributed by atoms with Gasteiger partial charge >= 0.3 is 5.97 Å². The Hall–Kier alpha value is -1.65. The first-order chi connectivity index (χ1) is 7.43. The largest absolute Gasteiger partial charge is 0.480 e. The highest BCUT2D eigenvalue weighted by Gasteiger charge is 2.22. The highest BCUT2D eigenvalue weighted by atomic mass is 19.2. The van der Waals surface area contributed by atoms with Crippen LogP contribution in [-0.2, 0) is 4.79 Å². The molecule has 2 N–H and O–H groups in total. The number of carboxylic acid groups (broad SMARTS) is 1. The van der Waals surface area contributed by atoms with Crippen LogP contribution in [0.3, 0.4) is 0 Å². The lowest BCUT2D eigenvalue weighted by Crippen LogP contribution is -2.34. The Kier molecular flexibility index (Phi) is 3.82. The van der Waals surface area contributed by atoms with E-state index in [9.17, 15) is 13.6 Å². The number of carbonyl (C=O) groups is 1. The number of benzene rings is 1. The number of hydrogen-bond acceptors (Lipinski definition) is 2. The van der Waals surface area contributed by atoms with Crippen LogP contribution >= 0.6 is 0 Å². The summed E-state index contributed by atoms with van der Waals surface area (Å²) in [7, 11) is 0. The molecule has 16 heavy (non-hydrogen) atoms. The van der Waals surface area contributed by atoms with Crippen LogP contribution in [0, 0.1) is 17.6 Å². The zero-order valence-corrected chi connectivity index (χ0v) is 9.00. The van der Waals surface area contributed by atoms with Gasteiger partial charge in [0.1, 0.15) is 6.04 Å². The second kappa shape index (κ2) is 4.92. The van der Waals surface area contributed by atoms with Gasteiger partial charge in [-0.25, -0.2) is 13.6 Å². The number of rotatable bonds is 4. The molecule has 0 bridgehead atoms. The van der Waals surface area contributed by atoms with Gasteiger partial charge in [0.15, 0.2) is 11.6 Å². The molecule has 1 aromatic carbocycles. The van der Waals surface area contributed by atoms with E-state index in [1.54, 1.807) is 13.8 Å². The van der Waals surface area contributed by atoms with Gasteiger partial charge in [-0.15, -0.1) is 0 Å². The summed E-state index contributed by atoms with van der Waals surface area (Å²) < 4.78 is 26.1. The molecule has 1 unspecified atom stereocenters. The van der Waals surface area contributed by atoms with Gasteiger partial charge in [0.05, 0.1) is 5.69 Å². The number of halogens is 2. The Balaban J connectivity index is 2.94. The van der Waals surface area contributed by atoms with Gasteiger partial charge in [-0.05, 0) is 18.1 Å². The SMILES string of the molecule is CC(C)C(Nc1cccc(F)c1F)C(=O)O. The number of aliphatic carboxylic acids is 1. The van der Waals surface area contributed by atoms with Crippen molar-refractivity contribution in [1.29, 1.82) is 0 Å². The van der Waals surface area contributed by atoms with Gasteiger partial charge < -0.3 is 10.4 Å². The fourth-order valence-corrected chi connectivity index (χ4v) is 1.30. The molecule has 0 fully saturated rings. The molecule has 0 aliphatic carbocycles. The fourth-order valence-electron chi connectivity index (χ4n) is 1.30. The number of hydrogen-bond donors (Lipinski definition) is 2. The normalized spacial score (nSPS) is 12.6. The van der Waals surface area contributed by atoms with E-state index in [1.165, 1.54) is 12.1 Å². The maximum absolute atomic E-state index is 13.3. The summed E-state index contributed by atoms with van der Waals surface area (Å²) in [4.78, 5) is 10.9. The highest BCUT2D eigenvalue weighted by Crippen LogP contribution is 2.19. The second-order valence-corrected chi connectivity index (χ2v) is 3.81. The highest BCUT2D eigenvalue weighted by molar-refractivity contribution is 5.77. The lowest BCUT2D eigenvalue weighted by atomic mass is 10.0. The first-order valence-electron chi connectivity index (χ1n) is 4.87. The first kappa shape index (κ1) is 12.4. The third-order valence-electron chi connectivity index (χ3n) is 2.20. The van der Waals surface area contributed by atoms with E-state index >= 15 is 0 Å². The molecule has 0 spiro atoms. The molecule has 5 heteroatoms. The maximum Gasteiger partial charge on any atom is 0.326 e. The Bertz CT molecular complexity index is 394. The average molecular weight is 229 g/mol. The Morgan fingerprint density at radius 1 is 1.38 bits per heavy atom. The van der Waals surface area contributed by atoms with Gasteiger partial charge in [-0.2, -0.15) is 0 Å². The lowest BCUT2D eigenvalue weighted by Gasteiger charge is -2.19. The molecule has 1 aromatic rings. The minimum absolute atomic E-state index is 0.138. The van der Waals surface area contributed by atoms with Crippen LogP contribution in [0.25, 0.3) is 0 Å². The zero-order chi connectivity index (χ0) is 12.3. The second-order valence-electron chi connectivity index (χ2n) is 3.81. The summed E-state index contributed by atoms with van der Waals surface area (Å²) in [6.07, 6.45) is 0. The standard InChI is InChI=1S/C11H13F2NO2/c1-6(2)10(11(15)16)14-8-5-3-4-7(12)9(8)13/h3-6,10,14H,1-2H3,(H,15,16). The monoisotopic (exact) mass is 229 g/mol. The molecular formula is C11H13F2NO2. The van der Waals surface area contributed by atoms with E-state index in [0.717, 1.165) is 6.07 Å². The molecule has 0 aliphatic heterocycles. The molecule has 1 atom stereocenters. The summed E-state index contributed by atoms with van der Waals surface area (Å²) in [5, 5.41) is 11.4. The predicted molar refractivity (Wildman–Crippen MR) is 56.2 cm³/mol. The third-order valence-corrected chi connectivity index (χ3v) is 2.20. The molecule has 88 valence electrons. The predicted octanol–water partition coefficient (Wildman–Crippen LogP) is 2.49. The number of carboxylic acids is 1. The lowest BCUT2D eigenvalue weighted by molar-refractivity contribution is -0.138. The Morgan fingerprint density at radius 3 is 2.50 bits per heavy atom.